The zero-order valence-corrected chi connectivity index (χ0v) is 13.7. The molecule has 1 N–H and O–H groups in total. The second-order valence-corrected chi connectivity index (χ2v) is 6.34. The van der Waals surface area contributed by atoms with E-state index in [1.165, 1.54) is 23.5 Å². The minimum atomic E-state index is -0.591. The van der Waals surface area contributed by atoms with Crippen LogP contribution in [-0.2, 0) is 9.53 Å². The van der Waals surface area contributed by atoms with E-state index in [0.717, 1.165) is 15.6 Å². The van der Waals surface area contributed by atoms with E-state index in [-0.39, 0.29) is 5.69 Å². The number of anilines is 1. The Labute approximate surface area is 141 Å². The molecule has 122 valence electrons. The molecule has 1 amide bonds. The molecule has 24 heavy (non-hydrogen) atoms. The molecule has 0 unspecified atom stereocenters. The van der Waals surface area contributed by atoms with Crippen molar-refractivity contribution in [2.24, 2.45) is 0 Å². The average molecular weight is 343 g/mol. The second kappa shape index (κ2) is 6.80. The third kappa shape index (κ3) is 3.60. The molecule has 0 saturated heterocycles. The van der Waals surface area contributed by atoms with Crippen molar-refractivity contribution < 1.29 is 18.7 Å². The molecule has 0 aliphatic heterocycles. The molecule has 0 radical (unpaired) electrons. The number of fused-ring (bicyclic) bond motifs is 1. The predicted octanol–water partition coefficient (Wildman–Crippen LogP) is 4.14. The lowest BCUT2D eigenvalue weighted by Gasteiger charge is -2.07. The molecule has 4 nitrogen and oxygen atoms in total. The summed E-state index contributed by atoms with van der Waals surface area (Å²) in [7, 11) is 0. The van der Waals surface area contributed by atoms with Crippen molar-refractivity contribution in [3.05, 3.63) is 64.8 Å². The van der Waals surface area contributed by atoms with Gasteiger partial charge in [0.25, 0.3) is 5.91 Å². The number of aryl methyl sites for hydroxylation is 1. The van der Waals surface area contributed by atoms with Gasteiger partial charge in [-0.1, -0.05) is 24.3 Å². The molecule has 0 aliphatic carbocycles. The first kappa shape index (κ1) is 16.1. The average Bonchev–Trinajstić information content (AvgIpc) is 2.99. The fourth-order valence-electron chi connectivity index (χ4n) is 2.19. The quantitative estimate of drug-likeness (QED) is 0.724. The maximum Gasteiger partial charge on any atom is 0.348 e. The van der Waals surface area contributed by atoms with Gasteiger partial charge in [-0.15, -0.1) is 11.3 Å². The van der Waals surface area contributed by atoms with Crippen molar-refractivity contribution in [3.63, 3.8) is 0 Å². The topological polar surface area (TPSA) is 55.4 Å². The van der Waals surface area contributed by atoms with Crippen LogP contribution in [0.4, 0.5) is 10.1 Å². The molecular formula is C18H14FNO3S. The number of nitrogens with one attached hydrogen (secondary N) is 1. The van der Waals surface area contributed by atoms with E-state index >= 15 is 0 Å². The van der Waals surface area contributed by atoms with Crippen molar-refractivity contribution in [2.45, 2.75) is 6.92 Å². The van der Waals surface area contributed by atoms with Gasteiger partial charge in [-0.2, -0.15) is 0 Å². The van der Waals surface area contributed by atoms with E-state index in [1.807, 2.05) is 24.3 Å². The summed E-state index contributed by atoms with van der Waals surface area (Å²) in [4.78, 5) is 24.2. The van der Waals surface area contributed by atoms with Gasteiger partial charge in [0.2, 0.25) is 0 Å². The molecule has 0 bridgehead atoms. The lowest BCUT2D eigenvalue weighted by atomic mass is 10.2. The van der Waals surface area contributed by atoms with E-state index < -0.39 is 24.3 Å². The van der Waals surface area contributed by atoms with Crippen molar-refractivity contribution in [3.8, 4) is 0 Å². The zero-order chi connectivity index (χ0) is 17.1. The number of benzene rings is 2. The van der Waals surface area contributed by atoms with E-state index in [0.29, 0.717) is 4.88 Å². The summed E-state index contributed by atoms with van der Waals surface area (Å²) in [6.07, 6.45) is 0. The number of thiophene rings is 1. The van der Waals surface area contributed by atoms with E-state index in [4.69, 9.17) is 4.74 Å². The van der Waals surface area contributed by atoms with Crippen LogP contribution >= 0.6 is 11.3 Å². The number of rotatable bonds is 4. The Morgan fingerprint density at radius 2 is 1.96 bits per heavy atom. The molecule has 6 heteroatoms. The molecule has 1 aromatic heterocycles. The standard InChI is InChI=1S/C18H14FNO3S/c1-11-6-7-14(13(19)8-11)20-17(21)10-23-18(22)16-9-12-4-2-3-5-15(12)24-16/h2-9H,10H2,1H3,(H,20,21). The third-order valence-electron chi connectivity index (χ3n) is 3.36. The van der Waals surface area contributed by atoms with Crippen molar-refractivity contribution >= 4 is 39.0 Å². The molecule has 0 atom stereocenters. The smallest absolute Gasteiger partial charge is 0.348 e. The lowest BCUT2D eigenvalue weighted by Crippen LogP contribution is -2.21. The number of amides is 1. The molecule has 0 fully saturated rings. The molecule has 3 aromatic rings. The first-order valence-electron chi connectivity index (χ1n) is 7.24. The fourth-order valence-corrected chi connectivity index (χ4v) is 3.15. The maximum absolute atomic E-state index is 13.7. The predicted molar refractivity (Wildman–Crippen MR) is 91.9 cm³/mol. The molecule has 0 saturated carbocycles. The monoisotopic (exact) mass is 343 g/mol. The van der Waals surface area contributed by atoms with Crippen LogP contribution < -0.4 is 5.32 Å². The Kier molecular flexibility index (Phi) is 4.57. The van der Waals surface area contributed by atoms with Crippen LogP contribution in [0.15, 0.2) is 48.5 Å². The summed E-state index contributed by atoms with van der Waals surface area (Å²) in [5, 5.41) is 3.33. The molecular weight excluding hydrogens is 329 g/mol. The fraction of sp³-hybridized carbons (Fsp3) is 0.111. The van der Waals surface area contributed by atoms with Crippen LogP contribution in [0.3, 0.4) is 0 Å². The molecule has 0 spiro atoms. The van der Waals surface area contributed by atoms with Gasteiger partial charge in [0.1, 0.15) is 10.7 Å². The molecule has 2 aromatic carbocycles. The highest BCUT2D eigenvalue weighted by atomic mass is 32.1. The number of carbonyl (C=O) groups excluding carboxylic acids is 2. The minimum Gasteiger partial charge on any atom is -0.451 e. The summed E-state index contributed by atoms with van der Waals surface area (Å²) in [6.45, 7) is 1.28. The van der Waals surface area contributed by atoms with E-state index in [2.05, 4.69) is 5.32 Å². The largest absolute Gasteiger partial charge is 0.451 e. The Bertz CT molecular complexity index is 887. The Morgan fingerprint density at radius 1 is 1.17 bits per heavy atom. The number of carbonyl (C=O) groups is 2. The van der Waals surface area contributed by atoms with Crippen molar-refractivity contribution in [1.82, 2.24) is 0 Å². The van der Waals surface area contributed by atoms with Gasteiger partial charge >= 0.3 is 5.97 Å². The van der Waals surface area contributed by atoms with Crippen LogP contribution in [0, 0.1) is 12.7 Å². The summed E-state index contributed by atoms with van der Waals surface area (Å²) < 4.78 is 19.6. The van der Waals surface area contributed by atoms with E-state index in [9.17, 15) is 14.0 Å². The second-order valence-electron chi connectivity index (χ2n) is 5.26. The highest BCUT2D eigenvalue weighted by molar-refractivity contribution is 7.20. The third-order valence-corrected chi connectivity index (χ3v) is 4.46. The Balaban J connectivity index is 1.60. The SMILES string of the molecule is Cc1ccc(NC(=O)COC(=O)c2cc3ccccc3s2)c(F)c1. The molecule has 3 rings (SSSR count). The first-order chi connectivity index (χ1) is 11.5. The van der Waals surface area contributed by atoms with Gasteiger partial charge in [0, 0.05) is 4.70 Å². The van der Waals surface area contributed by atoms with Crippen LogP contribution in [-0.4, -0.2) is 18.5 Å². The number of hydrogen-bond acceptors (Lipinski definition) is 4. The molecule has 1 heterocycles. The van der Waals surface area contributed by atoms with Crippen LogP contribution in [0.25, 0.3) is 10.1 Å². The van der Waals surface area contributed by atoms with Crippen LogP contribution in [0.2, 0.25) is 0 Å². The van der Waals surface area contributed by atoms with Gasteiger partial charge in [-0.25, -0.2) is 9.18 Å². The highest BCUT2D eigenvalue weighted by Crippen LogP contribution is 2.25. The summed E-state index contributed by atoms with van der Waals surface area (Å²) in [5.74, 6) is -1.69. The first-order valence-corrected chi connectivity index (χ1v) is 8.06. The number of ether oxygens (including phenoxy) is 1. The Morgan fingerprint density at radius 3 is 2.71 bits per heavy atom. The zero-order valence-electron chi connectivity index (χ0n) is 12.8. The summed E-state index contributed by atoms with van der Waals surface area (Å²) in [5.41, 5.74) is 0.810. The minimum absolute atomic E-state index is 0.0588. The Hall–Kier alpha value is -2.73. The van der Waals surface area contributed by atoms with Gasteiger partial charge < -0.3 is 10.1 Å². The van der Waals surface area contributed by atoms with Crippen molar-refractivity contribution in [1.29, 1.82) is 0 Å². The summed E-state index contributed by atoms with van der Waals surface area (Å²) in [6, 6.07) is 13.8. The maximum atomic E-state index is 13.7. The van der Waals surface area contributed by atoms with Crippen LogP contribution in [0.5, 0.6) is 0 Å². The van der Waals surface area contributed by atoms with Crippen LogP contribution in [0.1, 0.15) is 15.2 Å². The highest BCUT2D eigenvalue weighted by Gasteiger charge is 2.14. The van der Waals surface area contributed by atoms with Gasteiger partial charge in [0.05, 0.1) is 5.69 Å². The van der Waals surface area contributed by atoms with Gasteiger partial charge in [-0.3, -0.25) is 4.79 Å². The van der Waals surface area contributed by atoms with Gasteiger partial charge in [-0.05, 0) is 42.1 Å². The number of halogens is 1. The summed E-state index contributed by atoms with van der Waals surface area (Å²) >= 11 is 1.30. The van der Waals surface area contributed by atoms with E-state index in [1.54, 1.807) is 19.1 Å². The van der Waals surface area contributed by atoms with Gasteiger partial charge in [0.15, 0.2) is 6.61 Å². The number of esters is 1. The van der Waals surface area contributed by atoms with Crippen molar-refractivity contribution in [2.75, 3.05) is 11.9 Å². The molecule has 0 aliphatic rings. The lowest BCUT2D eigenvalue weighted by molar-refractivity contribution is -0.119. The normalized spacial score (nSPS) is 10.6. The number of hydrogen-bond donors (Lipinski definition) is 1.